The smallest absolute Gasteiger partial charge is 0.244 e. The minimum absolute atomic E-state index is 0.00696. The quantitative estimate of drug-likeness (QED) is 0.805. The van der Waals surface area contributed by atoms with Crippen molar-refractivity contribution >= 4 is 10.0 Å². The van der Waals surface area contributed by atoms with Crippen LogP contribution in [-0.2, 0) is 30.2 Å². The standard InChI is InChI=1S/C13H17N3O4S/c1-16-6-5-11(15-16)8-14-21(18,19)13-7-10(9-17)3-4-12(13)20-2/h3-7,14,17H,8-9H2,1-2H3. The van der Waals surface area contributed by atoms with Crippen molar-refractivity contribution in [3.63, 3.8) is 0 Å². The van der Waals surface area contributed by atoms with Crippen molar-refractivity contribution in [3.8, 4) is 5.75 Å². The van der Waals surface area contributed by atoms with Crippen molar-refractivity contribution in [2.75, 3.05) is 7.11 Å². The van der Waals surface area contributed by atoms with Crippen molar-refractivity contribution in [1.29, 1.82) is 0 Å². The molecule has 0 saturated heterocycles. The molecule has 0 fully saturated rings. The first-order valence-corrected chi connectivity index (χ1v) is 7.70. The first-order chi connectivity index (χ1) is 9.96. The largest absolute Gasteiger partial charge is 0.495 e. The van der Waals surface area contributed by atoms with E-state index in [4.69, 9.17) is 9.84 Å². The third-order valence-corrected chi connectivity index (χ3v) is 4.33. The number of nitrogens with zero attached hydrogens (tertiary/aromatic N) is 2. The summed E-state index contributed by atoms with van der Waals surface area (Å²) in [4.78, 5) is -0.00696. The highest BCUT2D eigenvalue weighted by molar-refractivity contribution is 7.89. The van der Waals surface area contributed by atoms with E-state index in [1.807, 2.05) is 0 Å². The Morgan fingerprint density at radius 1 is 1.38 bits per heavy atom. The number of rotatable bonds is 6. The van der Waals surface area contributed by atoms with Crippen LogP contribution in [0.15, 0.2) is 35.4 Å². The molecule has 0 bridgehead atoms. The molecule has 0 radical (unpaired) electrons. The zero-order chi connectivity index (χ0) is 15.5. The minimum Gasteiger partial charge on any atom is -0.495 e. The third kappa shape index (κ3) is 3.60. The zero-order valence-electron chi connectivity index (χ0n) is 11.8. The topological polar surface area (TPSA) is 93.5 Å². The van der Waals surface area contributed by atoms with Gasteiger partial charge in [-0.2, -0.15) is 5.10 Å². The van der Waals surface area contributed by atoms with Gasteiger partial charge in [0.2, 0.25) is 10.0 Å². The Balaban J connectivity index is 2.26. The molecule has 0 aliphatic heterocycles. The number of aromatic nitrogens is 2. The molecule has 1 aromatic carbocycles. The van der Waals surface area contributed by atoms with E-state index in [-0.39, 0.29) is 23.8 Å². The normalized spacial score (nSPS) is 11.6. The Morgan fingerprint density at radius 2 is 2.14 bits per heavy atom. The lowest BCUT2D eigenvalue weighted by Gasteiger charge is -2.11. The highest BCUT2D eigenvalue weighted by Crippen LogP contribution is 2.25. The van der Waals surface area contributed by atoms with Gasteiger partial charge in [0, 0.05) is 13.2 Å². The molecule has 8 heteroatoms. The summed E-state index contributed by atoms with van der Waals surface area (Å²) in [6, 6.07) is 6.24. The Labute approximate surface area is 123 Å². The summed E-state index contributed by atoms with van der Waals surface area (Å²) in [5.74, 6) is 0.223. The number of methoxy groups -OCH3 is 1. The predicted molar refractivity (Wildman–Crippen MR) is 76.2 cm³/mol. The van der Waals surface area contributed by atoms with Gasteiger partial charge in [-0.15, -0.1) is 0 Å². The predicted octanol–water partition coefficient (Wildman–Crippen LogP) is 0.399. The molecule has 7 nitrogen and oxygen atoms in total. The van der Waals surface area contributed by atoms with E-state index in [0.29, 0.717) is 11.3 Å². The van der Waals surface area contributed by atoms with Gasteiger partial charge < -0.3 is 9.84 Å². The fraction of sp³-hybridized carbons (Fsp3) is 0.308. The number of aliphatic hydroxyl groups is 1. The number of hydrogen-bond donors (Lipinski definition) is 2. The summed E-state index contributed by atoms with van der Waals surface area (Å²) in [5, 5.41) is 13.2. The molecule has 0 spiro atoms. The van der Waals surface area contributed by atoms with E-state index in [1.54, 1.807) is 30.1 Å². The maximum absolute atomic E-state index is 12.4. The summed E-state index contributed by atoms with van der Waals surface area (Å²) >= 11 is 0. The van der Waals surface area contributed by atoms with Gasteiger partial charge in [-0.3, -0.25) is 4.68 Å². The number of aryl methyl sites for hydroxylation is 1. The maximum atomic E-state index is 12.4. The molecule has 0 atom stereocenters. The van der Waals surface area contributed by atoms with Crippen LogP contribution in [-0.4, -0.2) is 30.4 Å². The van der Waals surface area contributed by atoms with E-state index in [9.17, 15) is 8.42 Å². The molecule has 0 aliphatic rings. The lowest BCUT2D eigenvalue weighted by molar-refractivity contribution is 0.281. The van der Waals surface area contributed by atoms with Crippen molar-refractivity contribution in [3.05, 3.63) is 41.7 Å². The van der Waals surface area contributed by atoms with Gasteiger partial charge in [0.1, 0.15) is 10.6 Å². The average Bonchev–Trinajstić information content (AvgIpc) is 2.90. The van der Waals surface area contributed by atoms with Gasteiger partial charge in [-0.05, 0) is 23.8 Å². The number of nitrogens with one attached hydrogen (secondary N) is 1. The van der Waals surface area contributed by atoms with Gasteiger partial charge in [-0.1, -0.05) is 6.07 Å². The van der Waals surface area contributed by atoms with Crippen LogP contribution in [0.3, 0.4) is 0 Å². The molecule has 2 N–H and O–H groups in total. The number of hydrogen-bond acceptors (Lipinski definition) is 5. The number of sulfonamides is 1. The van der Waals surface area contributed by atoms with Crippen LogP contribution in [0.2, 0.25) is 0 Å². The highest BCUT2D eigenvalue weighted by Gasteiger charge is 2.20. The number of benzene rings is 1. The molecule has 2 rings (SSSR count). The van der Waals surface area contributed by atoms with Gasteiger partial charge in [0.25, 0.3) is 0 Å². The zero-order valence-corrected chi connectivity index (χ0v) is 12.6. The molecule has 1 aromatic heterocycles. The molecule has 0 amide bonds. The molecule has 2 aromatic rings. The van der Waals surface area contributed by atoms with Gasteiger partial charge in [-0.25, -0.2) is 13.1 Å². The van der Waals surface area contributed by atoms with Gasteiger partial charge in [0.05, 0.1) is 26.0 Å². The van der Waals surface area contributed by atoms with E-state index in [2.05, 4.69) is 9.82 Å². The summed E-state index contributed by atoms with van der Waals surface area (Å²) in [7, 11) is -0.610. The molecule has 0 aliphatic carbocycles. The highest BCUT2D eigenvalue weighted by atomic mass is 32.2. The summed E-state index contributed by atoms with van der Waals surface area (Å²) in [6.45, 7) is -0.164. The van der Waals surface area contributed by atoms with E-state index >= 15 is 0 Å². The van der Waals surface area contributed by atoms with Crippen molar-refractivity contribution in [2.24, 2.45) is 7.05 Å². The SMILES string of the molecule is COc1ccc(CO)cc1S(=O)(=O)NCc1ccn(C)n1. The second-order valence-corrected chi connectivity index (χ2v) is 6.18. The van der Waals surface area contributed by atoms with E-state index < -0.39 is 10.0 Å². The first-order valence-electron chi connectivity index (χ1n) is 6.22. The van der Waals surface area contributed by atoms with Crippen molar-refractivity contribution in [1.82, 2.24) is 14.5 Å². The Kier molecular flexibility index (Phi) is 4.61. The van der Waals surface area contributed by atoms with Crippen LogP contribution in [0.4, 0.5) is 0 Å². The fourth-order valence-electron chi connectivity index (χ4n) is 1.83. The van der Waals surface area contributed by atoms with Gasteiger partial charge in [0.15, 0.2) is 0 Å². The summed E-state index contributed by atoms with van der Waals surface area (Å²) in [5.41, 5.74) is 1.10. The van der Waals surface area contributed by atoms with E-state index in [0.717, 1.165) is 0 Å². The van der Waals surface area contributed by atoms with Crippen LogP contribution in [0.25, 0.3) is 0 Å². The number of aliphatic hydroxyl groups excluding tert-OH is 1. The average molecular weight is 311 g/mol. The molecular weight excluding hydrogens is 294 g/mol. The molecular formula is C13H17N3O4S. The molecule has 0 saturated carbocycles. The maximum Gasteiger partial charge on any atom is 0.244 e. The summed E-state index contributed by atoms with van der Waals surface area (Å²) < 4.78 is 33.8. The monoisotopic (exact) mass is 311 g/mol. The van der Waals surface area contributed by atoms with Crippen LogP contribution in [0, 0.1) is 0 Å². The number of ether oxygens (including phenoxy) is 1. The van der Waals surface area contributed by atoms with Crippen LogP contribution < -0.4 is 9.46 Å². The second kappa shape index (κ2) is 6.25. The Hall–Kier alpha value is -1.90. The molecule has 21 heavy (non-hydrogen) atoms. The molecule has 1 heterocycles. The van der Waals surface area contributed by atoms with Crippen molar-refractivity contribution < 1.29 is 18.3 Å². The lowest BCUT2D eigenvalue weighted by atomic mass is 10.2. The molecule has 114 valence electrons. The Morgan fingerprint density at radius 3 is 2.71 bits per heavy atom. The summed E-state index contributed by atoms with van der Waals surface area (Å²) in [6.07, 6.45) is 1.73. The van der Waals surface area contributed by atoms with Crippen LogP contribution >= 0.6 is 0 Å². The second-order valence-electron chi connectivity index (χ2n) is 4.45. The van der Waals surface area contributed by atoms with E-state index in [1.165, 1.54) is 19.2 Å². The first kappa shape index (κ1) is 15.5. The fourth-order valence-corrected chi connectivity index (χ4v) is 3.05. The van der Waals surface area contributed by atoms with Crippen LogP contribution in [0.1, 0.15) is 11.3 Å². The third-order valence-electron chi connectivity index (χ3n) is 2.91. The Bertz CT molecular complexity index is 725. The van der Waals surface area contributed by atoms with Gasteiger partial charge >= 0.3 is 0 Å². The molecule has 0 unspecified atom stereocenters. The van der Waals surface area contributed by atoms with Crippen LogP contribution in [0.5, 0.6) is 5.75 Å². The minimum atomic E-state index is -3.76. The lowest BCUT2D eigenvalue weighted by Crippen LogP contribution is -2.24. The van der Waals surface area contributed by atoms with Crippen molar-refractivity contribution in [2.45, 2.75) is 18.0 Å².